The molecule has 1 aromatic carbocycles. The van der Waals surface area contributed by atoms with E-state index in [2.05, 4.69) is 24.4 Å². The van der Waals surface area contributed by atoms with E-state index in [1.165, 1.54) is 0 Å². The van der Waals surface area contributed by atoms with Crippen LogP contribution in [-0.2, 0) is 4.74 Å². The summed E-state index contributed by atoms with van der Waals surface area (Å²) in [5.74, 6) is 2.70. The summed E-state index contributed by atoms with van der Waals surface area (Å²) in [6, 6.07) is 6.12. The van der Waals surface area contributed by atoms with Crippen molar-refractivity contribution in [1.82, 2.24) is 5.32 Å². The van der Waals surface area contributed by atoms with Gasteiger partial charge in [-0.05, 0) is 37.9 Å². The maximum absolute atomic E-state index is 5.88. The number of hydrogen-bond acceptors (Lipinski definition) is 4. The predicted octanol–water partition coefficient (Wildman–Crippen LogP) is 3.19. The molecule has 3 rings (SSSR count). The highest BCUT2D eigenvalue weighted by atomic mass is 16.6. The number of ether oxygens (including phenoxy) is 3. The van der Waals surface area contributed by atoms with Gasteiger partial charge in [0.2, 0.25) is 0 Å². The van der Waals surface area contributed by atoms with E-state index < -0.39 is 0 Å². The average Bonchev–Trinajstić information content (AvgIpc) is 2.56. The van der Waals surface area contributed by atoms with Crippen LogP contribution in [0.25, 0.3) is 0 Å². The van der Waals surface area contributed by atoms with E-state index in [9.17, 15) is 0 Å². The first-order valence-corrected chi connectivity index (χ1v) is 7.85. The Morgan fingerprint density at radius 1 is 1.14 bits per heavy atom. The maximum atomic E-state index is 5.88. The summed E-state index contributed by atoms with van der Waals surface area (Å²) in [6.07, 6.45) is 5.44. The van der Waals surface area contributed by atoms with Gasteiger partial charge in [0, 0.05) is 5.56 Å². The lowest BCUT2D eigenvalue weighted by Gasteiger charge is -2.28. The molecule has 0 amide bonds. The third-order valence-electron chi connectivity index (χ3n) is 3.75. The normalized spacial score (nSPS) is 18.6. The number of benzene rings is 1. The van der Waals surface area contributed by atoms with Gasteiger partial charge in [0.25, 0.3) is 0 Å². The van der Waals surface area contributed by atoms with Crippen molar-refractivity contribution >= 4 is 0 Å². The first-order valence-electron chi connectivity index (χ1n) is 7.85. The molecule has 114 valence electrons. The van der Waals surface area contributed by atoms with Crippen LogP contribution >= 0.6 is 0 Å². The third kappa shape index (κ3) is 3.16. The zero-order chi connectivity index (χ0) is 14.5. The molecule has 1 unspecified atom stereocenters. The van der Waals surface area contributed by atoms with Gasteiger partial charge in [-0.1, -0.05) is 19.1 Å². The lowest BCUT2D eigenvalue weighted by Crippen LogP contribution is -2.28. The maximum Gasteiger partial charge on any atom is 0.166 e. The van der Waals surface area contributed by atoms with Crippen molar-refractivity contribution in [2.75, 3.05) is 26.4 Å². The predicted molar refractivity (Wildman–Crippen MR) is 81.7 cm³/mol. The molecule has 4 heteroatoms. The molecule has 0 bridgehead atoms. The highest BCUT2D eigenvalue weighted by Gasteiger charge is 2.26. The Morgan fingerprint density at radius 2 is 2.05 bits per heavy atom. The second-order valence-corrected chi connectivity index (χ2v) is 5.36. The Labute approximate surface area is 126 Å². The molecular weight excluding hydrogens is 266 g/mol. The summed E-state index contributed by atoms with van der Waals surface area (Å²) < 4.78 is 17.4. The smallest absolute Gasteiger partial charge is 0.166 e. The molecule has 4 nitrogen and oxygen atoms in total. The van der Waals surface area contributed by atoms with E-state index in [-0.39, 0.29) is 6.04 Å². The SMILES string of the molecule is CCCNC(C1=CCCCO1)c1cccc2c1OCCO2. The largest absolute Gasteiger partial charge is 0.496 e. The molecule has 1 atom stereocenters. The number of fused-ring (bicyclic) bond motifs is 1. The lowest BCUT2D eigenvalue weighted by atomic mass is 10.0. The van der Waals surface area contributed by atoms with Crippen LogP contribution in [-0.4, -0.2) is 26.4 Å². The fraction of sp³-hybridized carbons (Fsp3) is 0.529. The van der Waals surface area contributed by atoms with Crippen LogP contribution in [0.3, 0.4) is 0 Å². The van der Waals surface area contributed by atoms with Crippen LogP contribution in [0, 0.1) is 0 Å². The van der Waals surface area contributed by atoms with Gasteiger partial charge in [-0.25, -0.2) is 0 Å². The van der Waals surface area contributed by atoms with Crippen LogP contribution in [0.2, 0.25) is 0 Å². The molecule has 2 heterocycles. The van der Waals surface area contributed by atoms with Crippen LogP contribution < -0.4 is 14.8 Å². The number of rotatable bonds is 5. The van der Waals surface area contributed by atoms with Gasteiger partial charge in [-0.3, -0.25) is 0 Å². The summed E-state index contributed by atoms with van der Waals surface area (Å²) in [5.41, 5.74) is 1.11. The Bertz CT molecular complexity index is 513. The van der Waals surface area contributed by atoms with Gasteiger partial charge in [0.05, 0.1) is 12.6 Å². The summed E-state index contributed by atoms with van der Waals surface area (Å²) in [6.45, 7) is 5.12. The van der Waals surface area contributed by atoms with Crippen LogP contribution in [0.4, 0.5) is 0 Å². The van der Waals surface area contributed by atoms with Gasteiger partial charge >= 0.3 is 0 Å². The quantitative estimate of drug-likeness (QED) is 0.903. The van der Waals surface area contributed by atoms with Crippen molar-refractivity contribution in [1.29, 1.82) is 0 Å². The highest BCUT2D eigenvalue weighted by molar-refractivity contribution is 5.50. The van der Waals surface area contributed by atoms with Gasteiger partial charge in [-0.2, -0.15) is 0 Å². The molecule has 0 saturated carbocycles. The lowest BCUT2D eigenvalue weighted by molar-refractivity contribution is 0.156. The van der Waals surface area contributed by atoms with Crippen LogP contribution in [0.1, 0.15) is 37.8 Å². The van der Waals surface area contributed by atoms with Crippen molar-refractivity contribution in [3.63, 3.8) is 0 Å². The van der Waals surface area contributed by atoms with Gasteiger partial charge in [0.15, 0.2) is 11.5 Å². The Kier molecular flexibility index (Phi) is 4.65. The Hall–Kier alpha value is -1.68. The summed E-state index contributed by atoms with van der Waals surface area (Å²) >= 11 is 0. The number of hydrogen-bond donors (Lipinski definition) is 1. The van der Waals surface area contributed by atoms with E-state index >= 15 is 0 Å². The summed E-state index contributed by atoms with van der Waals surface area (Å²) in [5, 5.41) is 3.58. The molecular formula is C17H23NO3. The molecule has 0 aliphatic carbocycles. The highest BCUT2D eigenvalue weighted by Crippen LogP contribution is 2.39. The molecule has 0 fully saturated rings. The first kappa shape index (κ1) is 14.3. The third-order valence-corrected chi connectivity index (χ3v) is 3.75. The molecule has 1 N–H and O–H groups in total. The van der Waals surface area contributed by atoms with E-state index in [4.69, 9.17) is 14.2 Å². The number of allylic oxidation sites excluding steroid dienone is 1. The Balaban J connectivity index is 1.93. The van der Waals surface area contributed by atoms with Crippen molar-refractivity contribution in [3.05, 3.63) is 35.6 Å². The number of nitrogens with one attached hydrogen (secondary N) is 1. The van der Waals surface area contributed by atoms with Crippen molar-refractivity contribution < 1.29 is 14.2 Å². The Morgan fingerprint density at radius 3 is 2.86 bits per heavy atom. The van der Waals surface area contributed by atoms with Crippen LogP contribution in [0.15, 0.2) is 30.0 Å². The van der Waals surface area contributed by atoms with E-state index in [1.54, 1.807) is 0 Å². The molecule has 1 aromatic rings. The number of para-hydroxylation sites is 1. The van der Waals surface area contributed by atoms with Crippen molar-refractivity contribution in [2.24, 2.45) is 0 Å². The second-order valence-electron chi connectivity index (χ2n) is 5.36. The molecule has 21 heavy (non-hydrogen) atoms. The van der Waals surface area contributed by atoms with Gasteiger partial charge in [0.1, 0.15) is 19.0 Å². The molecule has 2 aliphatic heterocycles. The molecule has 0 spiro atoms. The zero-order valence-electron chi connectivity index (χ0n) is 12.6. The topological polar surface area (TPSA) is 39.7 Å². The first-order chi connectivity index (χ1) is 10.4. The summed E-state index contributed by atoms with van der Waals surface area (Å²) in [4.78, 5) is 0. The monoisotopic (exact) mass is 289 g/mol. The zero-order valence-corrected chi connectivity index (χ0v) is 12.6. The van der Waals surface area contributed by atoms with Crippen molar-refractivity contribution in [2.45, 2.75) is 32.2 Å². The molecule has 0 radical (unpaired) electrons. The molecule has 0 saturated heterocycles. The molecule has 0 aromatic heterocycles. The minimum absolute atomic E-state index is 0.0434. The van der Waals surface area contributed by atoms with E-state index in [0.717, 1.165) is 55.2 Å². The second kappa shape index (κ2) is 6.85. The minimum Gasteiger partial charge on any atom is -0.496 e. The van der Waals surface area contributed by atoms with Gasteiger partial charge in [-0.15, -0.1) is 0 Å². The standard InChI is InChI=1S/C17H23NO3/c1-2-9-18-16(14-7-3-4-10-19-14)13-6-5-8-15-17(13)21-12-11-20-15/h5-8,16,18H,2-4,9-12H2,1H3. The molecule has 2 aliphatic rings. The fourth-order valence-electron chi connectivity index (χ4n) is 2.75. The average molecular weight is 289 g/mol. The minimum atomic E-state index is 0.0434. The van der Waals surface area contributed by atoms with Gasteiger partial charge < -0.3 is 19.5 Å². The van der Waals surface area contributed by atoms with E-state index in [0.29, 0.717) is 13.2 Å². The summed E-state index contributed by atoms with van der Waals surface area (Å²) in [7, 11) is 0. The van der Waals surface area contributed by atoms with Crippen molar-refractivity contribution in [3.8, 4) is 11.5 Å². The van der Waals surface area contributed by atoms with Crippen LogP contribution in [0.5, 0.6) is 11.5 Å². The fourth-order valence-corrected chi connectivity index (χ4v) is 2.75. The van der Waals surface area contributed by atoms with E-state index in [1.807, 2.05) is 12.1 Å².